The van der Waals surface area contributed by atoms with E-state index in [4.69, 9.17) is 0 Å². The molecule has 0 aliphatic carbocycles. The second kappa shape index (κ2) is 5.32. The minimum absolute atomic E-state index is 0. The number of benzene rings is 1. The molecule has 1 aromatic carbocycles. The Morgan fingerprint density at radius 3 is 2.27 bits per heavy atom. The zero-order chi connectivity index (χ0) is 7.40. The van der Waals surface area contributed by atoms with E-state index >= 15 is 0 Å². The molecule has 1 amide bonds. The number of hydrogen-bond donors (Lipinski definition) is 1. The van der Waals surface area contributed by atoms with Crippen molar-refractivity contribution in [3.05, 3.63) is 41.1 Å². The van der Waals surface area contributed by atoms with Crippen LogP contribution < -0.4 is 35.0 Å². The van der Waals surface area contributed by atoms with E-state index in [9.17, 15) is 10.0 Å². The number of nitrogens with one attached hydrogen (secondary N) is 1. The Morgan fingerprint density at radius 2 is 1.82 bits per heavy atom. The van der Waals surface area contributed by atoms with Crippen molar-refractivity contribution < 1.29 is 34.4 Å². The van der Waals surface area contributed by atoms with Gasteiger partial charge in [-0.15, -0.1) is 0 Å². The topological polar surface area (TPSA) is 52.2 Å². The summed E-state index contributed by atoms with van der Waals surface area (Å²) in [5.41, 5.74) is 1.68. The number of amides is 1. The van der Waals surface area contributed by atoms with Crippen LogP contribution in [0.4, 0.5) is 0 Å². The van der Waals surface area contributed by atoms with Crippen LogP contribution in [0.5, 0.6) is 0 Å². The second-order valence-electron chi connectivity index (χ2n) is 1.80. The van der Waals surface area contributed by atoms with Gasteiger partial charge >= 0.3 is 29.6 Å². The van der Waals surface area contributed by atoms with Gasteiger partial charge in [0, 0.05) is 5.56 Å². The summed E-state index contributed by atoms with van der Waals surface area (Å²) in [6.45, 7) is 0. The van der Waals surface area contributed by atoms with Crippen molar-refractivity contribution in [3.8, 4) is 0 Å². The van der Waals surface area contributed by atoms with E-state index in [-0.39, 0.29) is 29.6 Å². The zero-order valence-corrected chi connectivity index (χ0v) is 8.20. The summed E-state index contributed by atoms with van der Waals surface area (Å²) in [7, 11) is 0. The van der Waals surface area contributed by atoms with E-state index in [0.29, 0.717) is 5.56 Å². The first-order valence-electron chi connectivity index (χ1n) is 2.82. The number of carbonyl (C=O) groups excluding carboxylic acids is 1. The molecule has 3 nitrogen and oxygen atoms in total. The maximum atomic E-state index is 10.6. The fraction of sp³-hybridized carbons (Fsp3) is 0. The molecule has 0 aliphatic heterocycles. The largest absolute Gasteiger partial charge is 1.00 e. The number of hydrogen-bond acceptors (Lipinski definition) is 2. The van der Waals surface area contributed by atoms with Crippen LogP contribution in [0.1, 0.15) is 10.4 Å². The molecule has 0 radical (unpaired) electrons. The van der Waals surface area contributed by atoms with E-state index in [1.807, 2.05) is 0 Å². The monoisotopic (exact) mass is 159 g/mol. The molecule has 1 aromatic rings. The molecule has 0 aliphatic rings. The Morgan fingerprint density at radius 1 is 1.27 bits per heavy atom. The summed E-state index contributed by atoms with van der Waals surface area (Å²) < 4.78 is 0. The Kier molecular flexibility index (Phi) is 5.15. The van der Waals surface area contributed by atoms with E-state index in [2.05, 4.69) is 0 Å². The first-order valence-corrected chi connectivity index (χ1v) is 2.82. The molecular weight excluding hydrogens is 153 g/mol. The third-order valence-electron chi connectivity index (χ3n) is 1.13. The molecule has 4 heteroatoms. The molecular formula is C7H6NNaO2. The van der Waals surface area contributed by atoms with Crippen molar-refractivity contribution in [2.75, 3.05) is 0 Å². The van der Waals surface area contributed by atoms with Crippen LogP contribution in [0.2, 0.25) is 0 Å². The van der Waals surface area contributed by atoms with Gasteiger partial charge in [-0.25, -0.2) is 0 Å². The molecule has 0 saturated heterocycles. The van der Waals surface area contributed by atoms with Gasteiger partial charge in [0.2, 0.25) is 5.91 Å². The smallest absolute Gasteiger partial charge is 0.759 e. The normalized spacial score (nSPS) is 8.09. The van der Waals surface area contributed by atoms with E-state index in [1.54, 1.807) is 30.3 Å². The summed E-state index contributed by atoms with van der Waals surface area (Å²) in [5, 5.41) is 9.83. The first-order chi connectivity index (χ1) is 4.84. The van der Waals surface area contributed by atoms with Crippen molar-refractivity contribution >= 4 is 5.91 Å². The summed E-state index contributed by atoms with van der Waals surface area (Å²) in [6.07, 6.45) is 0. The third kappa shape index (κ3) is 3.03. The molecule has 0 fully saturated rings. The maximum absolute atomic E-state index is 10.6. The molecule has 52 valence electrons. The van der Waals surface area contributed by atoms with Crippen LogP contribution in [-0.2, 0) is 0 Å². The van der Waals surface area contributed by atoms with Gasteiger partial charge in [0.25, 0.3) is 0 Å². The molecule has 0 saturated carbocycles. The molecule has 1 rings (SSSR count). The SMILES string of the molecule is O=C(N[O-])c1ccccc1.[Na+]. The predicted molar refractivity (Wildman–Crippen MR) is 37.3 cm³/mol. The van der Waals surface area contributed by atoms with Crippen molar-refractivity contribution in [3.63, 3.8) is 0 Å². The molecule has 0 spiro atoms. The summed E-state index contributed by atoms with van der Waals surface area (Å²) in [4.78, 5) is 10.6. The van der Waals surface area contributed by atoms with Crippen molar-refractivity contribution in [1.29, 1.82) is 0 Å². The number of hydroxylamine groups is 1. The molecule has 0 atom stereocenters. The van der Waals surface area contributed by atoms with Gasteiger partial charge in [-0.1, -0.05) is 18.2 Å². The van der Waals surface area contributed by atoms with Crippen LogP contribution in [0.3, 0.4) is 0 Å². The van der Waals surface area contributed by atoms with Gasteiger partial charge in [0.05, 0.1) is 0 Å². The maximum Gasteiger partial charge on any atom is 1.00 e. The van der Waals surface area contributed by atoms with Crippen molar-refractivity contribution in [2.24, 2.45) is 0 Å². The molecule has 0 unspecified atom stereocenters. The molecule has 0 heterocycles. The quantitative estimate of drug-likeness (QED) is 0.377. The van der Waals surface area contributed by atoms with E-state index in [0.717, 1.165) is 0 Å². The van der Waals surface area contributed by atoms with Crippen molar-refractivity contribution in [1.82, 2.24) is 5.48 Å². The zero-order valence-electron chi connectivity index (χ0n) is 6.20. The predicted octanol–water partition coefficient (Wildman–Crippen LogP) is -2.08. The van der Waals surface area contributed by atoms with Gasteiger partial charge in [0.1, 0.15) is 0 Å². The fourth-order valence-corrected chi connectivity index (χ4v) is 0.648. The fourth-order valence-electron chi connectivity index (χ4n) is 0.648. The van der Waals surface area contributed by atoms with Gasteiger partial charge in [-0.3, -0.25) is 4.79 Å². The molecule has 11 heavy (non-hydrogen) atoms. The third-order valence-corrected chi connectivity index (χ3v) is 1.13. The molecule has 0 aromatic heterocycles. The van der Waals surface area contributed by atoms with Crippen LogP contribution >= 0.6 is 0 Å². The van der Waals surface area contributed by atoms with Crippen LogP contribution in [0.15, 0.2) is 30.3 Å². The van der Waals surface area contributed by atoms with Crippen LogP contribution in [0.25, 0.3) is 0 Å². The van der Waals surface area contributed by atoms with Gasteiger partial charge in [-0.2, -0.15) is 0 Å². The Balaban J connectivity index is 0.000001000. The summed E-state index contributed by atoms with van der Waals surface area (Å²) >= 11 is 0. The summed E-state index contributed by atoms with van der Waals surface area (Å²) in [5.74, 6) is -0.597. The Labute approximate surface area is 86.7 Å². The van der Waals surface area contributed by atoms with Gasteiger partial charge < -0.3 is 10.7 Å². The standard InChI is InChI=1S/C7H6NO2.Na/c9-7(8-10)6-4-2-1-3-5-6;/h1-5H,(H-,8,9,10);/q-1;+1. The minimum Gasteiger partial charge on any atom is -0.759 e. The second-order valence-corrected chi connectivity index (χ2v) is 1.80. The Hall–Kier alpha value is -0.350. The molecule has 0 bridgehead atoms. The van der Waals surface area contributed by atoms with Crippen LogP contribution in [0, 0.1) is 5.21 Å². The number of carbonyl (C=O) groups is 1. The average Bonchev–Trinajstić information content (AvgIpc) is 2.05. The minimum atomic E-state index is -0.597. The van der Waals surface area contributed by atoms with E-state index < -0.39 is 5.91 Å². The van der Waals surface area contributed by atoms with E-state index in [1.165, 1.54) is 5.48 Å². The van der Waals surface area contributed by atoms with Crippen LogP contribution in [-0.4, -0.2) is 5.91 Å². The first kappa shape index (κ1) is 10.7. The van der Waals surface area contributed by atoms with Gasteiger partial charge in [-0.05, 0) is 12.1 Å². The molecule has 1 N–H and O–H groups in total. The Bertz CT molecular complexity index is 225. The number of rotatable bonds is 1. The average molecular weight is 159 g/mol. The summed E-state index contributed by atoms with van der Waals surface area (Å²) in [6, 6.07) is 8.33. The van der Waals surface area contributed by atoms with Gasteiger partial charge in [0.15, 0.2) is 0 Å². The van der Waals surface area contributed by atoms with Crippen molar-refractivity contribution in [2.45, 2.75) is 0 Å².